The number of pyridine rings is 1. The van der Waals surface area contributed by atoms with Gasteiger partial charge in [-0.25, -0.2) is 4.39 Å². The van der Waals surface area contributed by atoms with E-state index in [4.69, 9.17) is 11.6 Å². The highest BCUT2D eigenvalue weighted by Crippen LogP contribution is 2.35. The molecule has 0 saturated heterocycles. The molecule has 0 saturated carbocycles. The molecule has 17 heavy (non-hydrogen) atoms. The molecule has 0 aliphatic rings. The number of aliphatic hydroxyl groups is 1. The number of fused-ring (bicyclic) bond motifs is 1. The Morgan fingerprint density at radius 3 is 2.59 bits per heavy atom. The standard InChI is InChI=1S/C13H13ClFNO/c1-7-6-16-9-5-4-8(15)12(14)10(9)11(7)13(2,3)17/h4-6,17H,1-3H3. The fourth-order valence-electron chi connectivity index (χ4n) is 2.10. The third-order valence-corrected chi connectivity index (χ3v) is 3.10. The van der Waals surface area contributed by atoms with Gasteiger partial charge in [-0.3, -0.25) is 4.98 Å². The number of aryl methyl sites for hydroxylation is 1. The van der Waals surface area contributed by atoms with Crippen LogP contribution in [0.4, 0.5) is 4.39 Å². The van der Waals surface area contributed by atoms with Gasteiger partial charge in [0.15, 0.2) is 0 Å². The van der Waals surface area contributed by atoms with E-state index in [-0.39, 0.29) is 5.02 Å². The van der Waals surface area contributed by atoms with Crippen molar-refractivity contribution in [1.82, 2.24) is 4.98 Å². The predicted octanol–water partition coefficient (Wildman–Crippen LogP) is 3.56. The molecule has 1 aromatic heterocycles. The van der Waals surface area contributed by atoms with E-state index >= 15 is 0 Å². The summed E-state index contributed by atoms with van der Waals surface area (Å²) >= 11 is 5.98. The smallest absolute Gasteiger partial charge is 0.142 e. The summed E-state index contributed by atoms with van der Waals surface area (Å²) in [6.45, 7) is 5.12. The molecule has 0 aliphatic heterocycles. The summed E-state index contributed by atoms with van der Waals surface area (Å²) in [6, 6.07) is 2.84. The first kappa shape index (κ1) is 12.3. The molecular weight excluding hydrogens is 241 g/mol. The monoisotopic (exact) mass is 253 g/mol. The molecule has 0 spiro atoms. The van der Waals surface area contributed by atoms with Gasteiger partial charge in [0.1, 0.15) is 5.82 Å². The van der Waals surface area contributed by atoms with Crippen LogP contribution in [0, 0.1) is 12.7 Å². The molecule has 0 bridgehead atoms. The van der Waals surface area contributed by atoms with Gasteiger partial charge in [-0.1, -0.05) is 11.6 Å². The van der Waals surface area contributed by atoms with Crippen molar-refractivity contribution in [2.24, 2.45) is 0 Å². The average Bonchev–Trinajstić information content (AvgIpc) is 2.22. The Morgan fingerprint density at radius 2 is 2.00 bits per heavy atom. The minimum absolute atomic E-state index is 0.0100. The van der Waals surface area contributed by atoms with Crippen molar-refractivity contribution in [2.45, 2.75) is 26.4 Å². The maximum Gasteiger partial charge on any atom is 0.142 e. The number of hydrogen-bond donors (Lipinski definition) is 1. The van der Waals surface area contributed by atoms with E-state index < -0.39 is 11.4 Å². The van der Waals surface area contributed by atoms with Crippen molar-refractivity contribution in [1.29, 1.82) is 0 Å². The molecule has 0 amide bonds. The molecule has 0 radical (unpaired) electrons. The number of rotatable bonds is 1. The topological polar surface area (TPSA) is 33.1 Å². The second-order valence-electron chi connectivity index (χ2n) is 4.63. The Balaban J connectivity index is 2.99. The van der Waals surface area contributed by atoms with E-state index in [9.17, 15) is 9.50 Å². The number of halogens is 2. The Bertz CT molecular complexity index is 585. The Kier molecular flexibility index (Phi) is 2.84. The molecule has 2 rings (SSSR count). The van der Waals surface area contributed by atoms with E-state index in [1.165, 1.54) is 6.07 Å². The van der Waals surface area contributed by atoms with Crippen molar-refractivity contribution < 1.29 is 9.50 Å². The van der Waals surface area contributed by atoms with Crippen LogP contribution in [0.2, 0.25) is 5.02 Å². The van der Waals surface area contributed by atoms with Crippen molar-refractivity contribution in [3.63, 3.8) is 0 Å². The van der Waals surface area contributed by atoms with Gasteiger partial charge in [0.2, 0.25) is 0 Å². The van der Waals surface area contributed by atoms with Gasteiger partial charge in [-0.15, -0.1) is 0 Å². The molecule has 0 fully saturated rings. The zero-order valence-corrected chi connectivity index (χ0v) is 10.6. The van der Waals surface area contributed by atoms with Crippen LogP contribution in [0.15, 0.2) is 18.3 Å². The largest absolute Gasteiger partial charge is 0.386 e. The molecule has 0 atom stereocenters. The first-order chi connectivity index (χ1) is 7.82. The molecule has 1 N–H and O–H groups in total. The van der Waals surface area contributed by atoms with Crippen LogP contribution in [0.1, 0.15) is 25.0 Å². The summed E-state index contributed by atoms with van der Waals surface area (Å²) in [6.07, 6.45) is 1.66. The Morgan fingerprint density at radius 1 is 1.35 bits per heavy atom. The maximum absolute atomic E-state index is 13.5. The lowest BCUT2D eigenvalue weighted by Gasteiger charge is -2.22. The van der Waals surface area contributed by atoms with E-state index in [1.807, 2.05) is 6.92 Å². The molecule has 90 valence electrons. The molecule has 1 aromatic carbocycles. The van der Waals surface area contributed by atoms with E-state index in [0.717, 1.165) is 5.56 Å². The van der Waals surface area contributed by atoms with Gasteiger partial charge in [0.05, 0.1) is 16.1 Å². The van der Waals surface area contributed by atoms with Crippen LogP contribution in [0.3, 0.4) is 0 Å². The van der Waals surface area contributed by atoms with Crippen molar-refractivity contribution in [2.75, 3.05) is 0 Å². The second kappa shape index (κ2) is 3.93. The fourth-order valence-corrected chi connectivity index (χ4v) is 2.36. The van der Waals surface area contributed by atoms with Gasteiger partial charge < -0.3 is 5.11 Å². The molecule has 4 heteroatoms. The molecule has 0 unspecified atom stereocenters. The SMILES string of the molecule is Cc1cnc2ccc(F)c(Cl)c2c1C(C)(C)O. The summed E-state index contributed by atoms with van der Waals surface area (Å²) in [4.78, 5) is 4.19. The molecular formula is C13H13ClFNO. The predicted molar refractivity (Wildman–Crippen MR) is 66.7 cm³/mol. The molecule has 2 aromatic rings. The summed E-state index contributed by atoms with van der Waals surface area (Å²) in [5, 5.41) is 10.7. The first-order valence-electron chi connectivity index (χ1n) is 5.28. The van der Waals surface area contributed by atoms with Crippen molar-refractivity contribution >= 4 is 22.5 Å². The first-order valence-corrected chi connectivity index (χ1v) is 5.66. The molecule has 0 aliphatic carbocycles. The van der Waals surface area contributed by atoms with E-state index in [2.05, 4.69) is 4.98 Å². The highest BCUT2D eigenvalue weighted by Gasteiger charge is 2.24. The second-order valence-corrected chi connectivity index (χ2v) is 5.01. The van der Waals surface area contributed by atoms with Gasteiger partial charge in [0, 0.05) is 11.6 Å². The number of hydrogen-bond acceptors (Lipinski definition) is 2. The molecule has 1 heterocycles. The minimum atomic E-state index is -1.09. The van der Waals surface area contributed by atoms with E-state index in [1.54, 1.807) is 26.1 Å². The van der Waals surface area contributed by atoms with Crippen molar-refractivity contribution in [3.05, 3.63) is 40.3 Å². The number of aromatic nitrogens is 1. The summed E-state index contributed by atoms with van der Waals surface area (Å²) < 4.78 is 13.5. The highest BCUT2D eigenvalue weighted by molar-refractivity contribution is 6.35. The summed E-state index contributed by atoms with van der Waals surface area (Å²) in [5.41, 5.74) is 0.895. The third kappa shape index (κ3) is 2.01. The highest BCUT2D eigenvalue weighted by atomic mass is 35.5. The van der Waals surface area contributed by atoms with Crippen LogP contribution >= 0.6 is 11.6 Å². The lowest BCUT2D eigenvalue weighted by molar-refractivity contribution is 0.0795. The summed E-state index contributed by atoms with van der Waals surface area (Å²) in [7, 11) is 0. The average molecular weight is 254 g/mol. The fraction of sp³-hybridized carbons (Fsp3) is 0.308. The van der Waals surface area contributed by atoms with Crippen LogP contribution < -0.4 is 0 Å². The van der Waals surface area contributed by atoms with Gasteiger partial charge in [-0.2, -0.15) is 0 Å². The lowest BCUT2D eigenvalue weighted by atomic mass is 9.91. The van der Waals surface area contributed by atoms with E-state index in [0.29, 0.717) is 16.5 Å². The Labute approximate surface area is 104 Å². The van der Waals surface area contributed by atoms with Gasteiger partial charge in [-0.05, 0) is 44.0 Å². The maximum atomic E-state index is 13.5. The quantitative estimate of drug-likeness (QED) is 0.843. The van der Waals surface area contributed by atoms with Crippen LogP contribution in [-0.4, -0.2) is 10.1 Å². The van der Waals surface area contributed by atoms with Crippen molar-refractivity contribution in [3.8, 4) is 0 Å². The van der Waals surface area contributed by atoms with Crippen LogP contribution in [0.25, 0.3) is 10.9 Å². The zero-order valence-electron chi connectivity index (χ0n) is 9.88. The molecule has 2 nitrogen and oxygen atoms in total. The summed E-state index contributed by atoms with van der Waals surface area (Å²) in [5.74, 6) is -0.503. The minimum Gasteiger partial charge on any atom is -0.386 e. The normalized spacial score (nSPS) is 12.1. The van der Waals surface area contributed by atoms with Gasteiger partial charge in [0.25, 0.3) is 0 Å². The Hall–Kier alpha value is -1.19. The lowest BCUT2D eigenvalue weighted by Crippen LogP contribution is -2.18. The zero-order chi connectivity index (χ0) is 12.8. The number of nitrogens with zero attached hydrogens (tertiary/aromatic N) is 1. The number of benzene rings is 1. The third-order valence-electron chi connectivity index (χ3n) is 2.73. The van der Waals surface area contributed by atoms with Crippen LogP contribution in [-0.2, 0) is 5.60 Å². The van der Waals surface area contributed by atoms with Crippen LogP contribution in [0.5, 0.6) is 0 Å². The van der Waals surface area contributed by atoms with Gasteiger partial charge >= 0.3 is 0 Å².